The largest absolute Gasteiger partial charge is 0.496 e. The third-order valence-electron chi connectivity index (χ3n) is 5.06. The summed E-state index contributed by atoms with van der Waals surface area (Å²) >= 11 is 0. The van der Waals surface area contributed by atoms with Gasteiger partial charge in [-0.1, -0.05) is 25.1 Å². The molecule has 0 radical (unpaired) electrons. The highest BCUT2D eigenvalue weighted by atomic mass is 16.5. The number of pyridine rings is 1. The highest BCUT2D eigenvalue weighted by Gasteiger charge is 2.23. The summed E-state index contributed by atoms with van der Waals surface area (Å²) in [6, 6.07) is 12.0. The second-order valence-electron chi connectivity index (χ2n) is 6.77. The first-order chi connectivity index (χ1) is 13.2. The van der Waals surface area contributed by atoms with E-state index in [2.05, 4.69) is 28.2 Å². The molecule has 2 aromatic rings. The number of carbonyl (C=O) groups is 1. The summed E-state index contributed by atoms with van der Waals surface area (Å²) in [6.07, 6.45) is 4.38. The average molecular weight is 368 g/mol. The second-order valence-corrected chi connectivity index (χ2v) is 6.77. The molecule has 0 spiro atoms. The number of ether oxygens (including phenoxy) is 1. The van der Waals surface area contributed by atoms with Crippen LogP contribution in [0.2, 0.25) is 0 Å². The van der Waals surface area contributed by atoms with Crippen LogP contribution in [0.1, 0.15) is 30.5 Å². The van der Waals surface area contributed by atoms with Crippen molar-refractivity contribution in [3.05, 3.63) is 59.9 Å². The first-order valence-corrected chi connectivity index (χ1v) is 9.51. The molecule has 1 saturated heterocycles. The fourth-order valence-corrected chi connectivity index (χ4v) is 3.44. The molecule has 1 N–H and O–H groups in total. The summed E-state index contributed by atoms with van der Waals surface area (Å²) in [5, 5.41) is 3.16. The van der Waals surface area contributed by atoms with E-state index in [9.17, 15) is 4.79 Å². The van der Waals surface area contributed by atoms with Crippen molar-refractivity contribution >= 4 is 6.03 Å². The number of hydrogen-bond donors (Lipinski definition) is 1. The molecule has 0 aliphatic carbocycles. The average Bonchev–Trinajstić information content (AvgIpc) is 2.73. The topological polar surface area (TPSA) is 57.7 Å². The number of methoxy groups -OCH3 is 1. The Morgan fingerprint density at radius 2 is 1.85 bits per heavy atom. The van der Waals surface area contributed by atoms with E-state index in [-0.39, 0.29) is 12.1 Å². The number of benzene rings is 1. The Hall–Kier alpha value is -2.60. The molecule has 1 aromatic heterocycles. The highest BCUT2D eigenvalue weighted by Crippen LogP contribution is 2.20. The van der Waals surface area contributed by atoms with Gasteiger partial charge in [0.2, 0.25) is 0 Å². The normalized spacial score (nSPS) is 16.0. The lowest BCUT2D eigenvalue weighted by molar-refractivity contribution is 0.132. The minimum atomic E-state index is 0.00982. The summed E-state index contributed by atoms with van der Waals surface area (Å²) in [5.41, 5.74) is 2.28. The highest BCUT2D eigenvalue weighted by molar-refractivity contribution is 5.74. The van der Waals surface area contributed by atoms with E-state index in [0.29, 0.717) is 0 Å². The number of piperazine rings is 1. The molecule has 2 heterocycles. The second kappa shape index (κ2) is 9.37. The number of amides is 2. The number of urea groups is 1. The lowest BCUT2D eigenvalue weighted by Gasteiger charge is -2.35. The van der Waals surface area contributed by atoms with Crippen LogP contribution >= 0.6 is 0 Å². The Bertz CT molecular complexity index is 730. The van der Waals surface area contributed by atoms with E-state index in [1.54, 1.807) is 19.5 Å². The molecule has 6 heteroatoms. The van der Waals surface area contributed by atoms with Crippen LogP contribution in [0.3, 0.4) is 0 Å². The Morgan fingerprint density at radius 3 is 2.52 bits per heavy atom. The molecule has 1 aromatic carbocycles. The van der Waals surface area contributed by atoms with Crippen LogP contribution in [0.15, 0.2) is 48.8 Å². The molecule has 2 amide bonds. The van der Waals surface area contributed by atoms with Gasteiger partial charge in [-0.15, -0.1) is 0 Å². The summed E-state index contributed by atoms with van der Waals surface area (Å²) in [6.45, 7) is 6.10. The zero-order chi connectivity index (χ0) is 19.1. The van der Waals surface area contributed by atoms with Gasteiger partial charge in [-0.05, 0) is 30.2 Å². The van der Waals surface area contributed by atoms with Gasteiger partial charge in [0.25, 0.3) is 0 Å². The number of carbonyl (C=O) groups excluding carboxylic acids is 1. The van der Waals surface area contributed by atoms with Gasteiger partial charge in [-0.3, -0.25) is 9.88 Å². The number of hydrogen-bond acceptors (Lipinski definition) is 4. The predicted molar refractivity (Wildman–Crippen MR) is 106 cm³/mol. The standard InChI is InChI=1S/C21H28N4O2/c1-3-19(17-8-10-22-11-9-17)23-21(26)25-14-12-24(13-15-25)16-18-6-4-5-7-20(18)27-2/h4-11,19H,3,12-16H2,1-2H3,(H,23,26). The molecule has 144 valence electrons. The van der Waals surface area contributed by atoms with Crippen molar-refractivity contribution in [1.29, 1.82) is 0 Å². The third kappa shape index (κ3) is 4.98. The zero-order valence-electron chi connectivity index (χ0n) is 16.1. The molecule has 1 aliphatic rings. The first-order valence-electron chi connectivity index (χ1n) is 9.51. The Labute approximate surface area is 161 Å². The Balaban J connectivity index is 1.52. The van der Waals surface area contributed by atoms with Gasteiger partial charge in [-0.25, -0.2) is 4.79 Å². The molecule has 1 atom stereocenters. The van der Waals surface area contributed by atoms with Gasteiger partial charge in [0, 0.05) is 50.7 Å². The number of nitrogens with one attached hydrogen (secondary N) is 1. The summed E-state index contributed by atoms with van der Waals surface area (Å²) in [4.78, 5) is 21.0. The lowest BCUT2D eigenvalue weighted by Crippen LogP contribution is -2.51. The van der Waals surface area contributed by atoms with Gasteiger partial charge in [0.15, 0.2) is 0 Å². The van der Waals surface area contributed by atoms with Crippen molar-refractivity contribution in [2.75, 3.05) is 33.3 Å². The predicted octanol–water partition coefficient (Wildman–Crippen LogP) is 3.07. The smallest absolute Gasteiger partial charge is 0.317 e. The van der Waals surface area contributed by atoms with E-state index in [4.69, 9.17) is 4.74 Å². The Morgan fingerprint density at radius 1 is 1.15 bits per heavy atom. The van der Waals surface area contributed by atoms with Crippen molar-refractivity contribution in [3.8, 4) is 5.75 Å². The maximum absolute atomic E-state index is 12.7. The number of para-hydroxylation sites is 1. The van der Waals surface area contributed by atoms with Crippen LogP contribution in [-0.4, -0.2) is 54.1 Å². The maximum Gasteiger partial charge on any atom is 0.317 e. The fraction of sp³-hybridized carbons (Fsp3) is 0.429. The lowest BCUT2D eigenvalue weighted by atomic mass is 10.1. The van der Waals surface area contributed by atoms with E-state index >= 15 is 0 Å². The molecule has 0 bridgehead atoms. The number of aromatic nitrogens is 1. The molecular weight excluding hydrogens is 340 g/mol. The molecule has 3 rings (SSSR count). The number of nitrogens with zero attached hydrogens (tertiary/aromatic N) is 3. The molecule has 1 fully saturated rings. The quantitative estimate of drug-likeness (QED) is 0.851. The number of rotatable bonds is 6. The monoisotopic (exact) mass is 368 g/mol. The van der Waals surface area contributed by atoms with E-state index in [0.717, 1.165) is 50.5 Å². The van der Waals surface area contributed by atoms with Crippen LogP contribution in [0, 0.1) is 0 Å². The van der Waals surface area contributed by atoms with Gasteiger partial charge in [-0.2, -0.15) is 0 Å². The fourth-order valence-electron chi connectivity index (χ4n) is 3.44. The van der Waals surface area contributed by atoms with Crippen LogP contribution in [0.4, 0.5) is 4.79 Å². The van der Waals surface area contributed by atoms with Gasteiger partial charge in [0.1, 0.15) is 5.75 Å². The Kier molecular flexibility index (Phi) is 6.65. The van der Waals surface area contributed by atoms with Gasteiger partial charge < -0.3 is 15.0 Å². The van der Waals surface area contributed by atoms with Crippen LogP contribution in [0.5, 0.6) is 5.75 Å². The SMILES string of the molecule is CCC(NC(=O)N1CCN(Cc2ccccc2OC)CC1)c1ccncc1. The minimum Gasteiger partial charge on any atom is -0.496 e. The summed E-state index contributed by atoms with van der Waals surface area (Å²) < 4.78 is 5.44. The molecule has 1 unspecified atom stereocenters. The molecule has 27 heavy (non-hydrogen) atoms. The molecule has 0 saturated carbocycles. The summed E-state index contributed by atoms with van der Waals surface area (Å²) in [7, 11) is 1.70. The van der Waals surface area contributed by atoms with Gasteiger partial charge >= 0.3 is 6.03 Å². The van der Waals surface area contributed by atoms with E-state index < -0.39 is 0 Å². The van der Waals surface area contributed by atoms with Gasteiger partial charge in [0.05, 0.1) is 13.2 Å². The first kappa shape index (κ1) is 19.2. The van der Waals surface area contributed by atoms with E-state index in [1.807, 2.05) is 35.2 Å². The van der Waals surface area contributed by atoms with Crippen molar-refractivity contribution in [3.63, 3.8) is 0 Å². The van der Waals surface area contributed by atoms with Crippen molar-refractivity contribution in [2.24, 2.45) is 0 Å². The minimum absolute atomic E-state index is 0.00982. The maximum atomic E-state index is 12.7. The van der Waals surface area contributed by atoms with E-state index in [1.165, 1.54) is 5.56 Å². The molecule has 1 aliphatic heterocycles. The van der Waals surface area contributed by atoms with Crippen molar-refractivity contribution in [1.82, 2.24) is 20.1 Å². The van der Waals surface area contributed by atoms with Crippen LogP contribution in [0.25, 0.3) is 0 Å². The van der Waals surface area contributed by atoms with Crippen LogP contribution < -0.4 is 10.1 Å². The summed E-state index contributed by atoms with van der Waals surface area (Å²) in [5.74, 6) is 0.917. The molecular formula is C21H28N4O2. The third-order valence-corrected chi connectivity index (χ3v) is 5.06. The van der Waals surface area contributed by atoms with Crippen LogP contribution in [-0.2, 0) is 6.54 Å². The van der Waals surface area contributed by atoms with Crippen molar-refractivity contribution in [2.45, 2.75) is 25.9 Å². The van der Waals surface area contributed by atoms with Crippen molar-refractivity contribution < 1.29 is 9.53 Å². The zero-order valence-corrected chi connectivity index (χ0v) is 16.1. The molecule has 6 nitrogen and oxygen atoms in total.